The molecule has 0 spiro atoms. The molecule has 0 amide bonds. The van der Waals surface area contributed by atoms with Gasteiger partial charge in [-0.15, -0.1) is 0 Å². The average molecular weight is 265 g/mol. The van der Waals surface area contributed by atoms with Gasteiger partial charge in [0.25, 0.3) is 0 Å². The fraction of sp³-hybridized carbons (Fsp3) is 0.417. The molecule has 1 aliphatic heterocycles. The molecule has 0 radical (unpaired) electrons. The van der Waals surface area contributed by atoms with Gasteiger partial charge in [-0.3, -0.25) is 0 Å². The first-order valence-corrected chi connectivity index (χ1v) is 7.46. The Kier molecular flexibility index (Phi) is 2.29. The maximum Gasteiger partial charge on any atom is 0.231 e. The maximum absolute atomic E-state index is 11.6. The van der Waals surface area contributed by atoms with Gasteiger partial charge in [0.15, 0.2) is 21.3 Å². The molecule has 18 heavy (non-hydrogen) atoms. The molecule has 0 N–H and O–H groups in total. The van der Waals surface area contributed by atoms with E-state index < -0.39 is 21.0 Å². The molecule has 1 aromatic carbocycles. The maximum atomic E-state index is 11.6. The van der Waals surface area contributed by atoms with Crippen molar-refractivity contribution in [2.45, 2.75) is 11.2 Å². The van der Waals surface area contributed by atoms with Gasteiger partial charge in [-0.1, -0.05) is 6.07 Å². The van der Waals surface area contributed by atoms with Crippen LogP contribution < -0.4 is 9.47 Å². The molecule has 3 atom stereocenters. The predicted molar refractivity (Wildman–Crippen MR) is 63.0 cm³/mol. The normalized spacial score (nSPS) is 28.8. The molecule has 0 aromatic heterocycles. The zero-order valence-electron chi connectivity index (χ0n) is 9.66. The Labute approximate surface area is 105 Å². The summed E-state index contributed by atoms with van der Waals surface area (Å²) in [6.07, 6.45) is 1.18. The molecule has 0 bridgehead atoms. The highest BCUT2D eigenvalue weighted by atomic mass is 32.2. The third-order valence-electron chi connectivity index (χ3n) is 3.38. The fourth-order valence-electron chi connectivity index (χ4n) is 2.49. The van der Waals surface area contributed by atoms with Crippen LogP contribution in [-0.2, 0) is 9.84 Å². The van der Waals surface area contributed by atoms with Crippen molar-refractivity contribution >= 4 is 9.84 Å². The summed E-state index contributed by atoms with van der Waals surface area (Å²) in [4.78, 5) is 0. The van der Waals surface area contributed by atoms with Crippen molar-refractivity contribution < 1.29 is 17.9 Å². The fourth-order valence-corrected chi connectivity index (χ4v) is 4.02. The van der Waals surface area contributed by atoms with E-state index in [1.165, 1.54) is 6.26 Å². The van der Waals surface area contributed by atoms with E-state index in [9.17, 15) is 8.42 Å². The first kappa shape index (κ1) is 11.4. The van der Waals surface area contributed by atoms with Crippen molar-refractivity contribution in [1.29, 1.82) is 5.26 Å². The van der Waals surface area contributed by atoms with E-state index in [2.05, 4.69) is 6.07 Å². The second-order valence-electron chi connectivity index (χ2n) is 4.59. The number of fused-ring (bicyclic) bond motifs is 1. The number of hydrogen-bond acceptors (Lipinski definition) is 5. The van der Waals surface area contributed by atoms with E-state index in [0.29, 0.717) is 11.5 Å². The molecule has 1 fully saturated rings. The van der Waals surface area contributed by atoms with Gasteiger partial charge in [0.2, 0.25) is 6.79 Å². The standard InChI is InChI=1S/C12H11NO4S/c1-18(14,15)12-8(5-13)11(12)7-2-3-9-10(4-7)17-6-16-9/h2-4,8,11-12H,6H2,1H3/t8-,11-,12+/m0/s1. The lowest BCUT2D eigenvalue weighted by Gasteiger charge is -2.01. The number of sulfone groups is 1. The summed E-state index contributed by atoms with van der Waals surface area (Å²) in [5.74, 6) is 0.562. The predicted octanol–water partition coefficient (Wildman–Crippen LogP) is 1.07. The molecular formula is C12H11NO4S. The largest absolute Gasteiger partial charge is 0.454 e. The Hall–Kier alpha value is -1.74. The first-order valence-electron chi connectivity index (χ1n) is 5.50. The van der Waals surface area contributed by atoms with Crippen LogP contribution in [0.4, 0.5) is 0 Å². The summed E-state index contributed by atoms with van der Waals surface area (Å²) < 4.78 is 33.6. The van der Waals surface area contributed by atoms with Gasteiger partial charge in [-0.25, -0.2) is 8.42 Å². The van der Waals surface area contributed by atoms with Crippen molar-refractivity contribution in [2.24, 2.45) is 5.92 Å². The second-order valence-corrected chi connectivity index (χ2v) is 6.79. The summed E-state index contributed by atoms with van der Waals surface area (Å²) in [6, 6.07) is 7.38. The Morgan fingerprint density at radius 3 is 2.67 bits per heavy atom. The van der Waals surface area contributed by atoms with E-state index in [0.717, 1.165) is 5.56 Å². The lowest BCUT2D eigenvalue weighted by atomic mass is 10.1. The molecule has 1 aliphatic carbocycles. The van der Waals surface area contributed by atoms with Crippen molar-refractivity contribution in [3.63, 3.8) is 0 Å². The van der Waals surface area contributed by atoms with Crippen molar-refractivity contribution in [3.8, 4) is 17.6 Å². The minimum absolute atomic E-state index is 0.181. The molecule has 5 nitrogen and oxygen atoms in total. The average Bonchev–Trinajstić information content (AvgIpc) is 2.90. The van der Waals surface area contributed by atoms with Gasteiger partial charge in [0.05, 0.1) is 17.2 Å². The van der Waals surface area contributed by atoms with E-state index >= 15 is 0 Å². The summed E-state index contributed by atoms with van der Waals surface area (Å²) in [5.41, 5.74) is 0.821. The molecule has 0 saturated heterocycles. The Morgan fingerprint density at radius 1 is 1.33 bits per heavy atom. The molecule has 0 unspecified atom stereocenters. The van der Waals surface area contributed by atoms with E-state index in [-0.39, 0.29) is 12.7 Å². The molecule has 2 aliphatic rings. The molecule has 1 heterocycles. The minimum Gasteiger partial charge on any atom is -0.454 e. The summed E-state index contributed by atoms with van der Waals surface area (Å²) in [5, 5.41) is 8.40. The summed E-state index contributed by atoms with van der Waals surface area (Å²) in [7, 11) is -3.20. The van der Waals surface area contributed by atoms with Gasteiger partial charge in [-0.05, 0) is 17.7 Å². The van der Waals surface area contributed by atoms with E-state index in [4.69, 9.17) is 14.7 Å². The highest BCUT2D eigenvalue weighted by Gasteiger charge is 2.57. The highest BCUT2D eigenvalue weighted by Crippen LogP contribution is 2.53. The Morgan fingerprint density at radius 2 is 2.06 bits per heavy atom. The number of nitrogens with zero attached hydrogens (tertiary/aromatic N) is 1. The third kappa shape index (κ3) is 1.63. The van der Waals surface area contributed by atoms with E-state index in [1.54, 1.807) is 18.2 Å². The van der Waals surface area contributed by atoms with Gasteiger partial charge in [0, 0.05) is 12.2 Å². The minimum atomic E-state index is -3.20. The zero-order valence-corrected chi connectivity index (χ0v) is 10.5. The van der Waals surface area contributed by atoms with Crippen LogP contribution in [0.2, 0.25) is 0 Å². The smallest absolute Gasteiger partial charge is 0.231 e. The summed E-state index contributed by atoms with van der Waals surface area (Å²) >= 11 is 0. The van der Waals surface area contributed by atoms with Crippen LogP contribution in [0.1, 0.15) is 11.5 Å². The topological polar surface area (TPSA) is 76.4 Å². The van der Waals surface area contributed by atoms with Crippen LogP contribution in [0.5, 0.6) is 11.5 Å². The number of benzene rings is 1. The van der Waals surface area contributed by atoms with Gasteiger partial charge in [0.1, 0.15) is 0 Å². The lowest BCUT2D eigenvalue weighted by Crippen LogP contribution is -2.06. The Bertz CT molecular complexity index is 647. The molecule has 1 saturated carbocycles. The molecule has 3 rings (SSSR count). The van der Waals surface area contributed by atoms with Crippen molar-refractivity contribution in [3.05, 3.63) is 23.8 Å². The van der Waals surface area contributed by atoms with Crippen LogP contribution in [0.25, 0.3) is 0 Å². The SMILES string of the molecule is CS(=O)(=O)[C@@H]1[C@@H](C#N)[C@@H]1c1ccc2c(c1)OCO2. The number of ether oxygens (including phenoxy) is 2. The molecule has 1 aromatic rings. The van der Waals surface area contributed by atoms with Crippen LogP contribution in [0, 0.1) is 17.2 Å². The van der Waals surface area contributed by atoms with Gasteiger partial charge in [-0.2, -0.15) is 5.26 Å². The van der Waals surface area contributed by atoms with Crippen LogP contribution >= 0.6 is 0 Å². The van der Waals surface area contributed by atoms with E-state index in [1.807, 2.05) is 0 Å². The van der Waals surface area contributed by atoms with Gasteiger partial charge < -0.3 is 9.47 Å². The third-order valence-corrected chi connectivity index (χ3v) is 4.95. The quantitative estimate of drug-likeness (QED) is 0.799. The van der Waals surface area contributed by atoms with Crippen LogP contribution in [-0.4, -0.2) is 26.7 Å². The number of nitriles is 1. The number of hydrogen-bond donors (Lipinski definition) is 0. The molecule has 94 valence electrons. The second kappa shape index (κ2) is 3.62. The summed E-state index contributed by atoms with van der Waals surface area (Å²) in [6.45, 7) is 0.181. The van der Waals surface area contributed by atoms with Crippen molar-refractivity contribution in [1.82, 2.24) is 0 Å². The van der Waals surface area contributed by atoms with Crippen LogP contribution in [0.3, 0.4) is 0 Å². The highest BCUT2D eigenvalue weighted by molar-refractivity contribution is 7.91. The zero-order chi connectivity index (χ0) is 12.9. The molecular weight excluding hydrogens is 254 g/mol. The monoisotopic (exact) mass is 265 g/mol. The number of rotatable bonds is 2. The van der Waals surface area contributed by atoms with Gasteiger partial charge >= 0.3 is 0 Å². The first-order chi connectivity index (χ1) is 8.52. The Balaban J connectivity index is 1.95. The lowest BCUT2D eigenvalue weighted by molar-refractivity contribution is 0.174. The van der Waals surface area contributed by atoms with Crippen molar-refractivity contribution in [2.75, 3.05) is 13.0 Å². The molecule has 6 heteroatoms. The van der Waals surface area contributed by atoms with Crippen LogP contribution in [0.15, 0.2) is 18.2 Å².